The highest BCUT2D eigenvalue weighted by Crippen LogP contribution is 2.26. The van der Waals surface area contributed by atoms with Crippen LogP contribution in [0.1, 0.15) is 57.4 Å². The number of aliphatic hydroxyl groups is 1. The Kier molecular flexibility index (Phi) is 5.90. The lowest BCUT2D eigenvalue weighted by Crippen LogP contribution is -2.49. The molecule has 0 amide bonds. The van der Waals surface area contributed by atoms with Crippen molar-refractivity contribution in [1.82, 2.24) is 10.2 Å². The largest absolute Gasteiger partial charge is 0.384 e. The van der Waals surface area contributed by atoms with E-state index in [0.717, 1.165) is 24.4 Å². The Balaban J connectivity index is 1.45. The van der Waals surface area contributed by atoms with Gasteiger partial charge in [-0.25, -0.2) is 4.39 Å². The van der Waals surface area contributed by atoms with Gasteiger partial charge in [0.25, 0.3) is 0 Å². The number of hydrogen-bond donors (Lipinski definition) is 2. The van der Waals surface area contributed by atoms with Crippen molar-refractivity contribution in [3.05, 3.63) is 35.6 Å². The van der Waals surface area contributed by atoms with Crippen molar-refractivity contribution >= 4 is 0 Å². The molecular formula is C20H31FN2O. The molecule has 0 aromatic heterocycles. The van der Waals surface area contributed by atoms with Gasteiger partial charge < -0.3 is 15.3 Å². The maximum Gasteiger partial charge on any atom is 0.123 e. The van der Waals surface area contributed by atoms with Crippen LogP contribution in [0, 0.1) is 5.82 Å². The number of rotatable bonds is 5. The minimum absolute atomic E-state index is 0.266. The third-order valence-electron chi connectivity index (χ3n) is 5.82. The third-order valence-corrected chi connectivity index (χ3v) is 5.82. The van der Waals surface area contributed by atoms with Gasteiger partial charge in [-0.2, -0.15) is 0 Å². The summed E-state index contributed by atoms with van der Waals surface area (Å²) in [5.41, 5.74) is -0.204. The summed E-state index contributed by atoms with van der Waals surface area (Å²) in [6.07, 6.45) is 9.24. The van der Waals surface area contributed by atoms with E-state index in [0.29, 0.717) is 12.6 Å². The van der Waals surface area contributed by atoms with E-state index in [1.165, 1.54) is 57.3 Å². The lowest BCUT2D eigenvalue weighted by atomic mass is 9.91. The Labute approximate surface area is 145 Å². The number of hydrogen-bond acceptors (Lipinski definition) is 3. The van der Waals surface area contributed by atoms with Crippen LogP contribution in [-0.2, 0) is 5.60 Å². The fourth-order valence-corrected chi connectivity index (χ4v) is 4.17. The molecule has 1 aliphatic heterocycles. The molecule has 0 radical (unpaired) electrons. The highest BCUT2D eigenvalue weighted by molar-refractivity contribution is 5.22. The molecule has 1 heterocycles. The minimum Gasteiger partial charge on any atom is -0.384 e. The Morgan fingerprint density at radius 3 is 2.33 bits per heavy atom. The van der Waals surface area contributed by atoms with Gasteiger partial charge in [-0.15, -0.1) is 0 Å². The zero-order valence-corrected chi connectivity index (χ0v) is 14.8. The van der Waals surface area contributed by atoms with Crippen LogP contribution in [0.15, 0.2) is 24.3 Å². The van der Waals surface area contributed by atoms with Gasteiger partial charge in [0, 0.05) is 18.6 Å². The molecule has 24 heavy (non-hydrogen) atoms. The Bertz CT molecular complexity index is 503. The second-order valence-corrected chi connectivity index (χ2v) is 7.76. The van der Waals surface area contributed by atoms with Crippen molar-refractivity contribution in [2.24, 2.45) is 0 Å². The lowest BCUT2D eigenvalue weighted by Gasteiger charge is -2.40. The molecule has 1 saturated heterocycles. The lowest BCUT2D eigenvalue weighted by molar-refractivity contribution is 0.0471. The first-order valence-corrected chi connectivity index (χ1v) is 9.50. The average Bonchev–Trinajstić information content (AvgIpc) is 2.62. The first-order valence-electron chi connectivity index (χ1n) is 9.50. The molecule has 3 rings (SSSR count). The van der Waals surface area contributed by atoms with E-state index in [-0.39, 0.29) is 5.82 Å². The van der Waals surface area contributed by atoms with E-state index >= 15 is 0 Å². The second kappa shape index (κ2) is 7.94. The van der Waals surface area contributed by atoms with Crippen molar-refractivity contribution in [2.45, 2.75) is 69.6 Å². The smallest absolute Gasteiger partial charge is 0.123 e. The number of piperidine rings is 1. The zero-order valence-electron chi connectivity index (χ0n) is 14.8. The van der Waals surface area contributed by atoms with Crippen molar-refractivity contribution in [3.8, 4) is 0 Å². The molecule has 2 fully saturated rings. The molecule has 1 saturated carbocycles. The number of halogens is 1. The van der Waals surface area contributed by atoms with Crippen LogP contribution in [-0.4, -0.2) is 41.7 Å². The summed E-state index contributed by atoms with van der Waals surface area (Å²) in [7, 11) is 0. The maximum absolute atomic E-state index is 13.0. The number of benzene rings is 1. The molecule has 4 heteroatoms. The molecule has 2 aliphatic rings. The second-order valence-electron chi connectivity index (χ2n) is 7.76. The molecule has 0 bridgehead atoms. The predicted octanol–water partition coefficient (Wildman–Crippen LogP) is 3.42. The third kappa shape index (κ3) is 4.56. The topological polar surface area (TPSA) is 35.5 Å². The first-order chi connectivity index (χ1) is 11.5. The van der Waals surface area contributed by atoms with Crippen molar-refractivity contribution in [3.63, 3.8) is 0 Å². The van der Waals surface area contributed by atoms with Crippen LogP contribution in [0.5, 0.6) is 0 Å². The molecule has 0 spiro atoms. The molecule has 1 unspecified atom stereocenters. The molecule has 2 N–H and O–H groups in total. The van der Waals surface area contributed by atoms with Crippen LogP contribution in [0.2, 0.25) is 0 Å². The van der Waals surface area contributed by atoms with Gasteiger partial charge in [0.2, 0.25) is 0 Å². The fourth-order valence-electron chi connectivity index (χ4n) is 4.17. The van der Waals surface area contributed by atoms with E-state index in [1.54, 1.807) is 19.1 Å². The highest BCUT2D eigenvalue weighted by atomic mass is 19.1. The van der Waals surface area contributed by atoms with Crippen LogP contribution in [0.25, 0.3) is 0 Å². The standard InChI is InChI=1S/C20H31FN2O/c1-20(24,16-7-9-17(21)10-8-16)15-22-18-11-13-23(14-12-18)19-5-3-2-4-6-19/h7-10,18-19,22,24H,2-6,11-15H2,1H3. The molecule has 3 nitrogen and oxygen atoms in total. The number of nitrogens with one attached hydrogen (secondary N) is 1. The fraction of sp³-hybridized carbons (Fsp3) is 0.700. The monoisotopic (exact) mass is 334 g/mol. The van der Waals surface area contributed by atoms with Crippen LogP contribution in [0.3, 0.4) is 0 Å². The molecule has 1 aromatic carbocycles. The van der Waals surface area contributed by atoms with Crippen LogP contribution >= 0.6 is 0 Å². The minimum atomic E-state index is -0.964. The van der Waals surface area contributed by atoms with Gasteiger partial charge in [-0.05, 0) is 63.4 Å². The maximum atomic E-state index is 13.0. The summed E-state index contributed by atoms with van der Waals surface area (Å²) in [6, 6.07) is 7.43. The van der Waals surface area contributed by atoms with Gasteiger partial charge in [0.15, 0.2) is 0 Å². The van der Waals surface area contributed by atoms with Crippen LogP contribution < -0.4 is 5.32 Å². The van der Waals surface area contributed by atoms with Crippen LogP contribution in [0.4, 0.5) is 4.39 Å². The van der Waals surface area contributed by atoms with Gasteiger partial charge >= 0.3 is 0 Å². The summed E-state index contributed by atoms with van der Waals surface area (Å²) >= 11 is 0. The normalized spacial score (nSPS) is 24.0. The molecule has 134 valence electrons. The molecule has 1 aliphatic carbocycles. The predicted molar refractivity (Wildman–Crippen MR) is 95.4 cm³/mol. The van der Waals surface area contributed by atoms with Crippen molar-refractivity contribution in [2.75, 3.05) is 19.6 Å². The number of nitrogens with zero attached hydrogens (tertiary/aromatic N) is 1. The SMILES string of the molecule is CC(O)(CNC1CCN(C2CCCCC2)CC1)c1ccc(F)cc1. The Morgan fingerprint density at radius 2 is 1.71 bits per heavy atom. The molecule has 1 atom stereocenters. The summed E-state index contributed by atoms with van der Waals surface area (Å²) in [4.78, 5) is 2.68. The first kappa shape index (κ1) is 17.8. The zero-order chi connectivity index (χ0) is 17.0. The van der Waals surface area contributed by atoms with Crippen molar-refractivity contribution < 1.29 is 9.50 Å². The summed E-state index contributed by atoms with van der Waals surface area (Å²) in [6.45, 7) is 4.64. The van der Waals surface area contributed by atoms with E-state index < -0.39 is 5.60 Å². The van der Waals surface area contributed by atoms with E-state index in [1.807, 2.05) is 0 Å². The van der Waals surface area contributed by atoms with Gasteiger partial charge in [-0.1, -0.05) is 31.4 Å². The van der Waals surface area contributed by atoms with E-state index in [9.17, 15) is 9.50 Å². The molecular weight excluding hydrogens is 303 g/mol. The van der Waals surface area contributed by atoms with E-state index in [4.69, 9.17) is 0 Å². The quantitative estimate of drug-likeness (QED) is 0.866. The van der Waals surface area contributed by atoms with Crippen molar-refractivity contribution in [1.29, 1.82) is 0 Å². The van der Waals surface area contributed by atoms with E-state index in [2.05, 4.69) is 10.2 Å². The summed E-state index contributed by atoms with van der Waals surface area (Å²) < 4.78 is 13.0. The molecule has 1 aromatic rings. The number of likely N-dealkylation sites (tertiary alicyclic amines) is 1. The highest BCUT2D eigenvalue weighted by Gasteiger charge is 2.28. The summed E-state index contributed by atoms with van der Waals surface area (Å²) in [5, 5.41) is 14.2. The Hall–Kier alpha value is -0.970. The van der Waals surface area contributed by atoms with Gasteiger partial charge in [0.1, 0.15) is 5.82 Å². The average molecular weight is 334 g/mol. The van der Waals surface area contributed by atoms with Gasteiger partial charge in [-0.3, -0.25) is 0 Å². The van der Waals surface area contributed by atoms with Gasteiger partial charge in [0.05, 0.1) is 5.60 Å². The Morgan fingerprint density at radius 1 is 1.08 bits per heavy atom. The summed E-state index contributed by atoms with van der Waals surface area (Å²) in [5.74, 6) is -0.266.